The fourth-order valence-electron chi connectivity index (χ4n) is 10.1. The van der Waals surface area contributed by atoms with Gasteiger partial charge in [0.25, 0.3) is 0 Å². The third-order valence-corrected chi connectivity index (χ3v) is 11.6. The van der Waals surface area contributed by atoms with Crippen LogP contribution in [0.2, 0.25) is 0 Å². The van der Waals surface area contributed by atoms with Crippen LogP contribution < -0.4 is 0 Å². The molecule has 0 aromatic rings. The molecule has 5 unspecified atom stereocenters. The summed E-state index contributed by atoms with van der Waals surface area (Å²) in [5.74, 6) is 3.36. The van der Waals surface area contributed by atoms with Crippen molar-refractivity contribution in [1.82, 2.24) is 0 Å². The number of ketones is 1. The van der Waals surface area contributed by atoms with Crippen LogP contribution in [0.25, 0.3) is 0 Å². The SMILES string of the molecule is CC1CC[C@@]2(OC1)O[C@H]1CC3C4CC[C@H]5C[C@@H](O)CC[C@]5(C)C4C(=O)C[C@]3(C)C1[C@@H]2C. The van der Waals surface area contributed by atoms with E-state index in [0.29, 0.717) is 41.3 Å². The second kappa shape index (κ2) is 6.79. The van der Waals surface area contributed by atoms with E-state index in [1.165, 1.54) is 12.8 Å². The number of carbonyl (C=O) groups is 1. The van der Waals surface area contributed by atoms with Crippen LogP contribution in [-0.4, -0.2) is 35.5 Å². The average Bonchev–Trinajstić information content (AvgIpc) is 3.15. The van der Waals surface area contributed by atoms with E-state index in [2.05, 4.69) is 27.7 Å². The van der Waals surface area contributed by atoms with Crippen molar-refractivity contribution >= 4 is 5.78 Å². The molecule has 2 heterocycles. The van der Waals surface area contributed by atoms with E-state index < -0.39 is 5.79 Å². The molecule has 0 amide bonds. The molecule has 0 aromatic heterocycles. The summed E-state index contributed by atoms with van der Waals surface area (Å²) in [5, 5.41) is 10.3. The molecule has 31 heavy (non-hydrogen) atoms. The highest BCUT2D eigenvalue weighted by Gasteiger charge is 2.70. The van der Waals surface area contributed by atoms with Crippen molar-refractivity contribution in [2.75, 3.05) is 6.61 Å². The van der Waals surface area contributed by atoms with Crippen LogP contribution in [0.4, 0.5) is 0 Å². The number of fused-ring (bicyclic) bond motifs is 7. The van der Waals surface area contributed by atoms with E-state index in [1.54, 1.807) is 0 Å². The summed E-state index contributed by atoms with van der Waals surface area (Å²) in [6.07, 6.45) is 9.26. The Hall–Kier alpha value is -0.450. The van der Waals surface area contributed by atoms with Crippen LogP contribution in [0.1, 0.15) is 85.5 Å². The maximum Gasteiger partial charge on any atom is 0.171 e. The zero-order valence-corrected chi connectivity index (χ0v) is 19.9. The Bertz CT molecular complexity index is 756. The van der Waals surface area contributed by atoms with Crippen LogP contribution in [0.15, 0.2) is 0 Å². The third kappa shape index (κ3) is 2.74. The number of ether oxygens (including phenoxy) is 2. The minimum atomic E-state index is -0.404. The van der Waals surface area contributed by atoms with Gasteiger partial charge in [-0.2, -0.15) is 0 Å². The molecular weight excluding hydrogens is 388 g/mol. The second-order valence-electron chi connectivity index (χ2n) is 13.1. The predicted octanol–water partition coefficient (Wildman–Crippen LogP) is 4.97. The standard InChI is InChI=1S/C27H42O4/c1-15-7-10-27(30-14-15)16(2)23-22(31-27)12-20-19-6-5-17-11-18(28)8-9-25(17,3)24(19)21(29)13-26(20,23)4/h15-20,22-24,28H,5-14H2,1-4H3/t15?,16-,17-,18-,19?,20?,22-,23?,24?,25-,26-,27+/m0/s1. The van der Waals surface area contributed by atoms with Crippen LogP contribution in [-0.2, 0) is 14.3 Å². The number of Topliss-reactive ketones (excluding diaryl/α,β-unsaturated/α-hetero) is 1. The molecule has 6 fully saturated rings. The highest BCUT2D eigenvalue weighted by Crippen LogP contribution is 2.70. The lowest BCUT2D eigenvalue weighted by Gasteiger charge is -2.60. The smallest absolute Gasteiger partial charge is 0.171 e. The van der Waals surface area contributed by atoms with E-state index in [0.717, 1.165) is 51.6 Å². The molecular formula is C27H42O4. The van der Waals surface area contributed by atoms with Crippen molar-refractivity contribution < 1.29 is 19.4 Å². The van der Waals surface area contributed by atoms with Crippen molar-refractivity contribution in [3.8, 4) is 0 Å². The lowest BCUT2D eigenvalue weighted by atomic mass is 9.44. The normalized spacial score (nSPS) is 60.9. The van der Waals surface area contributed by atoms with Crippen LogP contribution in [0, 0.1) is 52.3 Å². The second-order valence-corrected chi connectivity index (χ2v) is 13.1. The molecule has 4 aliphatic carbocycles. The molecule has 6 aliphatic rings. The number of rotatable bonds is 0. The molecule has 12 atom stereocenters. The van der Waals surface area contributed by atoms with Gasteiger partial charge in [0.1, 0.15) is 5.78 Å². The molecule has 174 valence electrons. The molecule has 2 aliphatic heterocycles. The summed E-state index contributed by atoms with van der Waals surface area (Å²) < 4.78 is 13.2. The van der Waals surface area contributed by atoms with Gasteiger partial charge in [-0.1, -0.05) is 27.7 Å². The van der Waals surface area contributed by atoms with Crippen molar-refractivity contribution in [2.24, 2.45) is 52.3 Å². The van der Waals surface area contributed by atoms with Gasteiger partial charge in [-0.25, -0.2) is 0 Å². The summed E-state index contributed by atoms with van der Waals surface area (Å²) in [7, 11) is 0. The quantitative estimate of drug-likeness (QED) is 0.589. The fourth-order valence-corrected chi connectivity index (χ4v) is 10.1. The van der Waals surface area contributed by atoms with Gasteiger partial charge in [-0.05, 0) is 85.4 Å². The number of hydrogen-bond acceptors (Lipinski definition) is 4. The topological polar surface area (TPSA) is 55.8 Å². The molecule has 2 saturated heterocycles. The minimum absolute atomic E-state index is 0.0512. The Kier molecular flexibility index (Phi) is 4.62. The zero-order chi connectivity index (χ0) is 21.8. The lowest BCUT2D eigenvalue weighted by Crippen LogP contribution is -2.58. The largest absolute Gasteiger partial charge is 0.393 e. The highest BCUT2D eigenvalue weighted by molar-refractivity contribution is 5.84. The Morgan fingerprint density at radius 3 is 2.55 bits per heavy atom. The molecule has 0 bridgehead atoms. The summed E-state index contributed by atoms with van der Waals surface area (Å²) in [6.45, 7) is 10.2. The molecule has 4 heteroatoms. The van der Waals surface area contributed by atoms with Gasteiger partial charge in [0.05, 0.1) is 18.8 Å². The molecule has 1 spiro atoms. The van der Waals surface area contributed by atoms with Crippen molar-refractivity contribution in [3.05, 3.63) is 0 Å². The maximum atomic E-state index is 13.9. The minimum Gasteiger partial charge on any atom is -0.393 e. The van der Waals surface area contributed by atoms with Gasteiger partial charge in [0, 0.05) is 24.7 Å². The summed E-state index contributed by atoms with van der Waals surface area (Å²) in [5.41, 5.74) is 0.143. The fraction of sp³-hybridized carbons (Fsp3) is 0.963. The molecule has 0 radical (unpaired) electrons. The lowest BCUT2D eigenvalue weighted by molar-refractivity contribution is -0.272. The molecule has 0 aromatic carbocycles. The van der Waals surface area contributed by atoms with Crippen LogP contribution in [0.5, 0.6) is 0 Å². The Morgan fingerprint density at radius 2 is 1.81 bits per heavy atom. The molecule has 6 rings (SSSR count). The van der Waals surface area contributed by atoms with E-state index in [-0.39, 0.29) is 29.0 Å². The summed E-state index contributed by atoms with van der Waals surface area (Å²) >= 11 is 0. The molecule has 4 saturated carbocycles. The van der Waals surface area contributed by atoms with Gasteiger partial charge < -0.3 is 14.6 Å². The molecule has 4 nitrogen and oxygen atoms in total. The van der Waals surface area contributed by atoms with Crippen LogP contribution in [0.3, 0.4) is 0 Å². The van der Waals surface area contributed by atoms with Gasteiger partial charge >= 0.3 is 0 Å². The van der Waals surface area contributed by atoms with E-state index in [4.69, 9.17) is 9.47 Å². The number of aliphatic hydroxyl groups is 1. The number of hydrogen-bond donors (Lipinski definition) is 1. The first-order chi connectivity index (χ1) is 14.7. The predicted molar refractivity (Wildman–Crippen MR) is 118 cm³/mol. The first kappa shape index (κ1) is 21.1. The average molecular weight is 431 g/mol. The van der Waals surface area contributed by atoms with E-state index in [1.807, 2.05) is 0 Å². The van der Waals surface area contributed by atoms with Crippen molar-refractivity contribution in [2.45, 2.75) is 103 Å². The van der Waals surface area contributed by atoms with Gasteiger partial charge in [-0.3, -0.25) is 4.79 Å². The van der Waals surface area contributed by atoms with Gasteiger partial charge in [0.2, 0.25) is 0 Å². The Balaban J connectivity index is 1.30. The first-order valence-corrected chi connectivity index (χ1v) is 13.2. The van der Waals surface area contributed by atoms with E-state index >= 15 is 0 Å². The summed E-state index contributed by atoms with van der Waals surface area (Å²) in [4.78, 5) is 13.9. The Labute approximate surface area is 187 Å². The van der Waals surface area contributed by atoms with E-state index in [9.17, 15) is 9.90 Å². The highest BCUT2D eigenvalue weighted by atomic mass is 16.7. The van der Waals surface area contributed by atoms with Gasteiger partial charge in [0.15, 0.2) is 5.79 Å². The van der Waals surface area contributed by atoms with Crippen LogP contribution >= 0.6 is 0 Å². The third-order valence-electron chi connectivity index (χ3n) is 11.6. The Morgan fingerprint density at radius 1 is 1.00 bits per heavy atom. The molecule has 1 N–H and O–H groups in total. The van der Waals surface area contributed by atoms with Crippen molar-refractivity contribution in [1.29, 1.82) is 0 Å². The van der Waals surface area contributed by atoms with Gasteiger partial charge in [-0.15, -0.1) is 0 Å². The van der Waals surface area contributed by atoms with Crippen molar-refractivity contribution in [3.63, 3.8) is 0 Å². The monoisotopic (exact) mass is 430 g/mol. The maximum absolute atomic E-state index is 13.9. The number of carbonyl (C=O) groups excluding carboxylic acids is 1. The summed E-state index contributed by atoms with van der Waals surface area (Å²) in [6, 6.07) is 0. The first-order valence-electron chi connectivity index (χ1n) is 13.2. The number of aliphatic hydroxyl groups excluding tert-OH is 1. The zero-order valence-electron chi connectivity index (χ0n) is 19.9.